The Morgan fingerprint density at radius 2 is 1.80 bits per heavy atom. The molecule has 1 aliphatic rings. The number of ether oxygens (including phenoxy) is 1. The topological polar surface area (TPSA) is 96.0 Å². The van der Waals surface area contributed by atoms with Crippen molar-refractivity contribution < 1.29 is 28.3 Å². The van der Waals surface area contributed by atoms with Crippen LogP contribution in [0.3, 0.4) is 0 Å². The summed E-state index contributed by atoms with van der Waals surface area (Å²) in [6, 6.07) is 9.88. The second-order valence-electron chi connectivity index (χ2n) is 6.43. The number of hydrogen-bond acceptors (Lipinski definition) is 5. The number of halogens is 2. The fraction of sp³-hybridized carbons (Fsp3) is 0.200. The molecule has 8 nitrogen and oxygen atoms in total. The van der Waals surface area contributed by atoms with Crippen molar-refractivity contribution in [2.45, 2.75) is 19.4 Å². The van der Waals surface area contributed by atoms with Gasteiger partial charge in [-0.05, 0) is 48.5 Å². The lowest BCUT2D eigenvalue weighted by molar-refractivity contribution is -0.146. The molecule has 4 amide bonds. The minimum absolute atomic E-state index is 0.176. The van der Waals surface area contributed by atoms with Gasteiger partial charge in [0.05, 0.1) is 12.1 Å². The van der Waals surface area contributed by atoms with Gasteiger partial charge in [0, 0.05) is 11.9 Å². The van der Waals surface area contributed by atoms with E-state index in [1.165, 1.54) is 12.1 Å². The van der Waals surface area contributed by atoms with Gasteiger partial charge < -0.3 is 4.74 Å². The predicted molar refractivity (Wildman–Crippen MR) is 105 cm³/mol. The van der Waals surface area contributed by atoms with Gasteiger partial charge in [0.15, 0.2) is 6.61 Å². The molecule has 1 saturated heterocycles. The minimum Gasteiger partial charge on any atom is -0.484 e. The van der Waals surface area contributed by atoms with E-state index in [0.29, 0.717) is 10.8 Å². The molecule has 2 aromatic carbocycles. The Hall–Kier alpha value is -3.46. The lowest BCUT2D eigenvalue weighted by atomic mass is 10.2. The molecule has 156 valence electrons. The Morgan fingerprint density at radius 1 is 1.17 bits per heavy atom. The van der Waals surface area contributed by atoms with Gasteiger partial charge in [-0.25, -0.2) is 14.3 Å². The van der Waals surface area contributed by atoms with E-state index in [2.05, 4.69) is 5.43 Å². The van der Waals surface area contributed by atoms with Crippen molar-refractivity contribution in [3.05, 3.63) is 59.4 Å². The standard InChI is InChI=1S/C20H17ClFN3O5/c1-12(26)25(23-18(27)11-30-16-8-2-13(21)3-9-16)17-10-19(28)24(20(17)29)15-6-4-14(22)5-7-15/h2-9,17H,10-11H2,1H3,(H,23,27)/t17-/m0/s1. The summed E-state index contributed by atoms with van der Waals surface area (Å²) in [6.45, 7) is 0.723. The number of hydrazine groups is 1. The molecule has 0 aliphatic carbocycles. The molecule has 1 heterocycles. The first kappa shape index (κ1) is 21.3. The zero-order valence-electron chi connectivity index (χ0n) is 15.8. The molecule has 10 heteroatoms. The summed E-state index contributed by atoms with van der Waals surface area (Å²) in [6.07, 6.45) is -0.325. The number of amides is 4. The van der Waals surface area contributed by atoms with Crippen LogP contribution in [0.25, 0.3) is 0 Å². The second kappa shape index (κ2) is 8.91. The Labute approximate surface area is 176 Å². The highest BCUT2D eigenvalue weighted by Gasteiger charge is 2.44. The maximum atomic E-state index is 13.1. The van der Waals surface area contributed by atoms with Crippen molar-refractivity contribution in [1.29, 1.82) is 0 Å². The van der Waals surface area contributed by atoms with Crippen molar-refractivity contribution in [3.63, 3.8) is 0 Å². The molecular weight excluding hydrogens is 417 g/mol. The van der Waals surface area contributed by atoms with Crippen LogP contribution in [0.15, 0.2) is 48.5 Å². The quantitative estimate of drug-likeness (QED) is 0.575. The highest BCUT2D eigenvalue weighted by molar-refractivity contribution is 6.30. The smallest absolute Gasteiger partial charge is 0.276 e. The number of nitrogens with one attached hydrogen (secondary N) is 1. The van der Waals surface area contributed by atoms with Crippen LogP contribution in [0.2, 0.25) is 5.02 Å². The van der Waals surface area contributed by atoms with E-state index in [1.807, 2.05) is 0 Å². The van der Waals surface area contributed by atoms with Crippen molar-refractivity contribution in [2.75, 3.05) is 11.5 Å². The lowest BCUT2D eigenvalue weighted by Gasteiger charge is -2.26. The van der Waals surface area contributed by atoms with E-state index < -0.39 is 42.1 Å². The van der Waals surface area contributed by atoms with Crippen molar-refractivity contribution in [1.82, 2.24) is 10.4 Å². The average Bonchev–Trinajstić information content (AvgIpc) is 3.00. The van der Waals surface area contributed by atoms with Gasteiger partial charge in [-0.15, -0.1) is 0 Å². The largest absolute Gasteiger partial charge is 0.484 e. The third kappa shape index (κ3) is 4.74. The molecule has 0 radical (unpaired) electrons. The molecule has 0 bridgehead atoms. The number of nitrogens with zero attached hydrogens (tertiary/aromatic N) is 2. The van der Waals surface area contributed by atoms with Gasteiger partial charge >= 0.3 is 0 Å². The normalized spacial score (nSPS) is 15.8. The summed E-state index contributed by atoms with van der Waals surface area (Å²) in [5.41, 5.74) is 2.48. The summed E-state index contributed by atoms with van der Waals surface area (Å²) < 4.78 is 18.4. The number of imide groups is 1. The summed E-state index contributed by atoms with van der Waals surface area (Å²) in [5, 5.41) is 1.31. The van der Waals surface area contributed by atoms with Gasteiger partial charge in [-0.2, -0.15) is 0 Å². The van der Waals surface area contributed by atoms with E-state index >= 15 is 0 Å². The van der Waals surface area contributed by atoms with Crippen LogP contribution < -0.4 is 15.1 Å². The molecule has 0 saturated carbocycles. The van der Waals surface area contributed by atoms with E-state index in [4.69, 9.17) is 16.3 Å². The fourth-order valence-corrected chi connectivity index (χ4v) is 3.03. The van der Waals surface area contributed by atoms with Gasteiger partial charge in [0.25, 0.3) is 11.8 Å². The maximum absolute atomic E-state index is 13.1. The van der Waals surface area contributed by atoms with Crippen LogP contribution >= 0.6 is 11.6 Å². The van der Waals surface area contributed by atoms with E-state index in [9.17, 15) is 23.6 Å². The van der Waals surface area contributed by atoms with Crippen LogP contribution in [0.5, 0.6) is 5.75 Å². The van der Waals surface area contributed by atoms with Crippen LogP contribution in [-0.2, 0) is 19.2 Å². The molecule has 0 spiro atoms. The first-order valence-electron chi connectivity index (χ1n) is 8.86. The monoisotopic (exact) mass is 433 g/mol. The van der Waals surface area contributed by atoms with Gasteiger partial charge in [0.1, 0.15) is 17.6 Å². The zero-order chi connectivity index (χ0) is 21.8. The number of rotatable bonds is 5. The molecule has 30 heavy (non-hydrogen) atoms. The summed E-state index contributed by atoms with van der Waals surface area (Å²) >= 11 is 5.78. The second-order valence-corrected chi connectivity index (χ2v) is 6.87. The summed E-state index contributed by atoms with van der Waals surface area (Å²) in [7, 11) is 0. The van der Waals surface area contributed by atoms with Crippen LogP contribution in [0.1, 0.15) is 13.3 Å². The van der Waals surface area contributed by atoms with Crippen LogP contribution in [0.4, 0.5) is 10.1 Å². The fourth-order valence-electron chi connectivity index (χ4n) is 2.90. The van der Waals surface area contributed by atoms with Gasteiger partial charge in [-0.3, -0.25) is 24.6 Å². The Morgan fingerprint density at radius 3 is 2.40 bits per heavy atom. The molecule has 0 aromatic heterocycles. The van der Waals surface area contributed by atoms with E-state index in [-0.39, 0.29) is 12.1 Å². The third-order valence-electron chi connectivity index (χ3n) is 4.29. The van der Waals surface area contributed by atoms with E-state index in [0.717, 1.165) is 29.0 Å². The highest BCUT2D eigenvalue weighted by Crippen LogP contribution is 2.25. The molecule has 1 N–H and O–H groups in total. The minimum atomic E-state index is -1.22. The zero-order valence-corrected chi connectivity index (χ0v) is 16.6. The molecule has 1 atom stereocenters. The van der Waals surface area contributed by atoms with Crippen LogP contribution in [0, 0.1) is 5.82 Å². The summed E-state index contributed by atoms with van der Waals surface area (Å²) in [4.78, 5) is 50.2. The average molecular weight is 434 g/mol. The first-order valence-corrected chi connectivity index (χ1v) is 9.24. The Bertz CT molecular complexity index is 981. The number of anilines is 1. The SMILES string of the molecule is CC(=O)N(NC(=O)COc1ccc(Cl)cc1)[C@H]1CC(=O)N(c2ccc(F)cc2)C1=O. The Balaban J connectivity index is 1.68. The van der Waals surface area contributed by atoms with Crippen molar-refractivity contribution in [2.24, 2.45) is 0 Å². The molecule has 3 rings (SSSR count). The maximum Gasteiger partial charge on any atom is 0.276 e. The number of carbonyl (C=O) groups is 4. The third-order valence-corrected chi connectivity index (χ3v) is 4.54. The number of carbonyl (C=O) groups excluding carboxylic acids is 4. The number of benzene rings is 2. The van der Waals surface area contributed by atoms with Crippen LogP contribution in [-0.4, -0.2) is 41.3 Å². The highest BCUT2D eigenvalue weighted by atomic mass is 35.5. The van der Waals surface area contributed by atoms with E-state index in [1.54, 1.807) is 24.3 Å². The lowest BCUT2D eigenvalue weighted by Crippen LogP contribution is -2.54. The van der Waals surface area contributed by atoms with Crippen molar-refractivity contribution in [3.8, 4) is 5.75 Å². The summed E-state index contributed by atoms with van der Waals surface area (Å²) in [5.74, 6) is -2.75. The number of hydrogen-bond donors (Lipinski definition) is 1. The van der Waals surface area contributed by atoms with Gasteiger partial charge in [-0.1, -0.05) is 11.6 Å². The molecular formula is C20H17ClFN3O5. The molecule has 1 fully saturated rings. The van der Waals surface area contributed by atoms with Crippen molar-refractivity contribution >= 4 is 40.9 Å². The molecule has 0 unspecified atom stereocenters. The molecule has 2 aromatic rings. The first-order chi connectivity index (χ1) is 14.3. The molecule has 1 aliphatic heterocycles. The predicted octanol–water partition coefficient (Wildman–Crippen LogP) is 2.07. The van der Waals surface area contributed by atoms with Gasteiger partial charge in [0.2, 0.25) is 11.8 Å². The Kier molecular flexibility index (Phi) is 6.31.